The summed E-state index contributed by atoms with van der Waals surface area (Å²) < 4.78 is 45.1. The Kier molecular flexibility index (Phi) is 4.32. The average Bonchev–Trinajstić information content (AvgIpc) is 2.86. The van der Waals surface area contributed by atoms with Gasteiger partial charge in [0.15, 0.2) is 5.76 Å². The second-order valence-electron chi connectivity index (χ2n) is 5.00. The van der Waals surface area contributed by atoms with E-state index in [0.717, 1.165) is 6.07 Å². The minimum absolute atomic E-state index is 0.0586. The van der Waals surface area contributed by atoms with Crippen molar-refractivity contribution in [3.8, 4) is 22.8 Å². The molecule has 0 amide bonds. The van der Waals surface area contributed by atoms with Gasteiger partial charge in [-0.05, 0) is 30.3 Å². The first kappa shape index (κ1) is 17.1. The molecule has 130 valence electrons. The van der Waals surface area contributed by atoms with Gasteiger partial charge in [-0.25, -0.2) is 17.5 Å². The van der Waals surface area contributed by atoms with Crippen LogP contribution in [0.1, 0.15) is 0 Å². The zero-order valence-electron chi connectivity index (χ0n) is 12.4. The Hall–Kier alpha value is -2.71. The first-order chi connectivity index (χ1) is 11.8. The van der Waals surface area contributed by atoms with E-state index in [-0.39, 0.29) is 21.2 Å². The largest absolute Gasteiger partial charge is 0.502 e. The van der Waals surface area contributed by atoms with Crippen molar-refractivity contribution in [3.63, 3.8) is 0 Å². The third-order valence-electron chi connectivity index (χ3n) is 3.32. The summed E-state index contributed by atoms with van der Waals surface area (Å²) in [5, 5.41) is 19.7. The van der Waals surface area contributed by atoms with Crippen molar-refractivity contribution >= 4 is 27.5 Å². The number of hydrogen-bond donors (Lipinski definition) is 3. The van der Waals surface area contributed by atoms with E-state index >= 15 is 0 Å². The maximum atomic E-state index is 13.2. The molecule has 0 aliphatic rings. The normalized spacial score (nSPS) is 11.4. The molecule has 0 atom stereocenters. The summed E-state index contributed by atoms with van der Waals surface area (Å²) in [5.74, 6) is -3.00. The number of nitrogens with one attached hydrogen (secondary N) is 1. The van der Waals surface area contributed by atoms with Crippen LogP contribution in [0.2, 0.25) is 5.02 Å². The minimum Gasteiger partial charge on any atom is -0.502 e. The van der Waals surface area contributed by atoms with Crippen LogP contribution in [0.25, 0.3) is 11.3 Å². The van der Waals surface area contributed by atoms with E-state index in [1.54, 1.807) is 6.07 Å². The van der Waals surface area contributed by atoms with Crippen LogP contribution in [0.5, 0.6) is 11.5 Å². The van der Waals surface area contributed by atoms with Gasteiger partial charge in [-0.1, -0.05) is 29.8 Å². The van der Waals surface area contributed by atoms with Crippen molar-refractivity contribution in [3.05, 3.63) is 59.4 Å². The lowest BCUT2D eigenvalue weighted by atomic mass is 10.1. The second-order valence-corrected chi connectivity index (χ2v) is 7.09. The Morgan fingerprint density at radius 2 is 1.72 bits per heavy atom. The Bertz CT molecular complexity index is 1030. The number of furan rings is 1. The summed E-state index contributed by atoms with van der Waals surface area (Å²) >= 11 is 5.68. The fourth-order valence-corrected chi connectivity index (χ4v) is 3.29. The van der Waals surface area contributed by atoms with E-state index in [9.17, 15) is 23.0 Å². The van der Waals surface area contributed by atoms with Crippen molar-refractivity contribution < 1.29 is 27.4 Å². The molecule has 0 bridgehead atoms. The van der Waals surface area contributed by atoms with Gasteiger partial charge in [0.2, 0.25) is 11.5 Å². The first-order valence-electron chi connectivity index (χ1n) is 6.87. The SMILES string of the molecule is O=S(=O)(Nc1oc(-c2ccc(F)c(Cl)c2)c(O)c1O)c1ccccc1. The van der Waals surface area contributed by atoms with Gasteiger partial charge >= 0.3 is 0 Å². The molecule has 9 heteroatoms. The lowest BCUT2D eigenvalue weighted by molar-refractivity contribution is 0.410. The smallest absolute Gasteiger partial charge is 0.264 e. The van der Waals surface area contributed by atoms with Crippen LogP contribution in [0, 0.1) is 5.82 Å². The van der Waals surface area contributed by atoms with Gasteiger partial charge in [0, 0.05) is 5.56 Å². The van der Waals surface area contributed by atoms with Crippen molar-refractivity contribution in [2.24, 2.45) is 0 Å². The van der Waals surface area contributed by atoms with Gasteiger partial charge in [-0.2, -0.15) is 0 Å². The molecular formula is C16H11ClFNO5S. The van der Waals surface area contributed by atoms with Crippen molar-refractivity contribution in [1.82, 2.24) is 0 Å². The topological polar surface area (TPSA) is 99.8 Å². The molecule has 6 nitrogen and oxygen atoms in total. The molecule has 1 heterocycles. The van der Waals surface area contributed by atoms with Gasteiger partial charge in [-0.3, -0.25) is 0 Å². The average molecular weight is 384 g/mol. The standard InChI is InChI=1S/C16H11ClFNO5S/c17-11-8-9(6-7-12(11)18)15-13(20)14(21)16(24-15)19-25(22,23)10-4-2-1-3-5-10/h1-8,19-21H. The highest BCUT2D eigenvalue weighted by molar-refractivity contribution is 7.92. The fraction of sp³-hybridized carbons (Fsp3) is 0. The summed E-state index contributed by atoms with van der Waals surface area (Å²) in [6.07, 6.45) is 0. The van der Waals surface area contributed by atoms with Crippen molar-refractivity contribution in [2.75, 3.05) is 4.72 Å². The van der Waals surface area contributed by atoms with Gasteiger partial charge in [0.05, 0.1) is 9.92 Å². The van der Waals surface area contributed by atoms with Crippen LogP contribution in [0.3, 0.4) is 0 Å². The Balaban J connectivity index is 2.01. The predicted octanol–water partition coefficient (Wildman–Crippen LogP) is 3.95. The van der Waals surface area contributed by atoms with Crippen LogP contribution in [-0.4, -0.2) is 18.6 Å². The van der Waals surface area contributed by atoms with E-state index in [1.807, 2.05) is 4.72 Å². The third-order valence-corrected chi connectivity index (χ3v) is 4.96. The highest BCUT2D eigenvalue weighted by Crippen LogP contribution is 2.46. The van der Waals surface area contributed by atoms with Gasteiger partial charge in [0.1, 0.15) is 5.82 Å². The molecule has 0 saturated carbocycles. The summed E-state index contributed by atoms with van der Waals surface area (Å²) in [4.78, 5) is -0.0586. The number of aromatic hydroxyl groups is 2. The molecule has 0 unspecified atom stereocenters. The summed E-state index contributed by atoms with van der Waals surface area (Å²) in [7, 11) is -4.04. The van der Waals surface area contributed by atoms with Crippen LogP contribution in [-0.2, 0) is 10.0 Å². The molecule has 3 N–H and O–H groups in total. The lowest BCUT2D eigenvalue weighted by Gasteiger charge is -2.05. The molecule has 0 aliphatic carbocycles. The van der Waals surface area contributed by atoms with E-state index in [1.165, 1.54) is 36.4 Å². The lowest BCUT2D eigenvalue weighted by Crippen LogP contribution is -2.12. The molecule has 25 heavy (non-hydrogen) atoms. The minimum atomic E-state index is -4.04. The quantitative estimate of drug-likeness (QED) is 0.633. The van der Waals surface area contributed by atoms with Gasteiger partial charge in [-0.15, -0.1) is 0 Å². The number of rotatable bonds is 4. The van der Waals surface area contributed by atoms with Gasteiger partial charge < -0.3 is 14.6 Å². The maximum Gasteiger partial charge on any atom is 0.264 e. The third kappa shape index (κ3) is 3.26. The Morgan fingerprint density at radius 3 is 2.36 bits per heavy atom. The summed E-state index contributed by atoms with van der Waals surface area (Å²) in [6.45, 7) is 0. The van der Waals surface area contributed by atoms with E-state index in [4.69, 9.17) is 16.0 Å². The Morgan fingerprint density at radius 1 is 1.04 bits per heavy atom. The monoisotopic (exact) mass is 383 g/mol. The van der Waals surface area contributed by atoms with E-state index in [0.29, 0.717) is 0 Å². The Labute approximate surface area is 147 Å². The number of halogens is 2. The number of sulfonamides is 1. The van der Waals surface area contributed by atoms with E-state index in [2.05, 4.69) is 0 Å². The molecule has 2 aromatic carbocycles. The highest BCUT2D eigenvalue weighted by Gasteiger charge is 2.25. The molecule has 0 aliphatic heterocycles. The molecular weight excluding hydrogens is 373 g/mol. The second kappa shape index (κ2) is 6.30. The van der Waals surface area contributed by atoms with Crippen LogP contribution in [0.4, 0.5) is 10.3 Å². The zero-order chi connectivity index (χ0) is 18.2. The molecule has 3 aromatic rings. The van der Waals surface area contributed by atoms with Crippen LogP contribution < -0.4 is 4.72 Å². The first-order valence-corrected chi connectivity index (χ1v) is 8.73. The maximum absolute atomic E-state index is 13.2. The predicted molar refractivity (Wildman–Crippen MR) is 89.7 cm³/mol. The van der Waals surface area contributed by atoms with Gasteiger partial charge in [0.25, 0.3) is 15.9 Å². The number of hydrogen-bond acceptors (Lipinski definition) is 5. The zero-order valence-corrected chi connectivity index (χ0v) is 14.0. The molecule has 0 saturated heterocycles. The van der Waals surface area contributed by atoms with Crippen LogP contribution in [0.15, 0.2) is 57.8 Å². The van der Waals surface area contributed by atoms with Crippen molar-refractivity contribution in [2.45, 2.75) is 4.90 Å². The highest BCUT2D eigenvalue weighted by atomic mass is 35.5. The number of benzene rings is 2. The summed E-state index contributed by atoms with van der Waals surface area (Å²) in [5.41, 5.74) is 0.157. The molecule has 1 aromatic heterocycles. The van der Waals surface area contributed by atoms with Crippen LogP contribution >= 0.6 is 11.6 Å². The molecule has 0 radical (unpaired) electrons. The molecule has 3 rings (SSSR count). The van der Waals surface area contributed by atoms with E-state index < -0.39 is 33.2 Å². The number of anilines is 1. The van der Waals surface area contributed by atoms with Crippen molar-refractivity contribution in [1.29, 1.82) is 0 Å². The molecule has 0 spiro atoms. The fourth-order valence-electron chi connectivity index (χ4n) is 2.10. The summed E-state index contributed by atoms with van der Waals surface area (Å²) in [6, 6.07) is 10.9. The molecule has 0 fully saturated rings.